The fourth-order valence-electron chi connectivity index (χ4n) is 4.20. The number of nitrogens with zero attached hydrogens (tertiary/aromatic N) is 2. The summed E-state index contributed by atoms with van der Waals surface area (Å²) in [7, 11) is 0. The summed E-state index contributed by atoms with van der Waals surface area (Å²) in [4.78, 5) is 28.0. The van der Waals surface area contributed by atoms with Gasteiger partial charge in [-0.15, -0.1) is 0 Å². The average Bonchev–Trinajstić information content (AvgIpc) is 3.53. The number of fused-ring (bicyclic) bond motifs is 1. The van der Waals surface area contributed by atoms with Crippen molar-refractivity contribution in [3.05, 3.63) is 99.3 Å². The number of non-ortho nitro benzene ring substituents is 1. The Bertz CT molecular complexity index is 1740. The molecule has 9 nitrogen and oxygen atoms in total. The number of nitrogens with one attached hydrogen (secondary N) is 2. The lowest BCUT2D eigenvalue weighted by molar-refractivity contribution is -0.384. The molecule has 0 unspecified atom stereocenters. The Hall–Kier alpha value is -4.83. The van der Waals surface area contributed by atoms with Crippen LogP contribution in [0, 0.1) is 30.9 Å². The number of furan rings is 1. The summed E-state index contributed by atoms with van der Waals surface area (Å²) in [5.41, 5.74) is 6.39. The molecule has 0 saturated heterocycles. The molecule has 5 rings (SSSR count). The van der Waals surface area contributed by atoms with Crippen molar-refractivity contribution in [1.82, 2.24) is 10.3 Å². The van der Waals surface area contributed by atoms with E-state index in [1.54, 1.807) is 18.2 Å². The van der Waals surface area contributed by atoms with Gasteiger partial charge in [0.15, 0.2) is 16.5 Å². The maximum Gasteiger partial charge on any atom is 0.293 e. The molecule has 3 aromatic carbocycles. The lowest BCUT2D eigenvalue weighted by atomic mass is 10.1. The summed E-state index contributed by atoms with van der Waals surface area (Å²) < 4.78 is 11.7. The highest BCUT2D eigenvalue weighted by atomic mass is 32.1. The van der Waals surface area contributed by atoms with Crippen LogP contribution < -0.4 is 10.6 Å². The minimum atomic E-state index is -0.558. The highest BCUT2D eigenvalue weighted by molar-refractivity contribution is 7.80. The van der Waals surface area contributed by atoms with Gasteiger partial charge < -0.3 is 14.2 Å². The van der Waals surface area contributed by atoms with Crippen molar-refractivity contribution >= 4 is 45.7 Å². The molecule has 0 aliphatic heterocycles. The van der Waals surface area contributed by atoms with E-state index in [1.807, 2.05) is 45.0 Å². The maximum atomic E-state index is 12.7. The van der Waals surface area contributed by atoms with E-state index >= 15 is 0 Å². The number of carbonyl (C=O) groups is 1. The van der Waals surface area contributed by atoms with Gasteiger partial charge >= 0.3 is 0 Å². The molecule has 0 atom stereocenters. The van der Waals surface area contributed by atoms with Crippen LogP contribution in [0.5, 0.6) is 0 Å². The van der Waals surface area contributed by atoms with Gasteiger partial charge in [-0.1, -0.05) is 24.3 Å². The number of amides is 1. The van der Waals surface area contributed by atoms with Crippen molar-refractivity contribution in [2.24, 2.45) is 0 Å². The standard InChI is InChI=1S/C28H22N4O5S/c1-15-12-16(2)25-22(13-15)29-27(37-25)20-8-5-9-21(17(20)3)30-28(38)31-26(33)24-11-10-23(36-24)18-6-4-7-19(14-18)32(34)35/h4-14H,1-3H3,(H2,30,31,33,38). The van der Waals surface area contributed by atoms with Gasteiger partial charge in [0.1, 0.15) is 11.3 Å². The van der Waals surface area contributed by atoms with Gasteiger partial charge in [-0.2, -0.15) is 0 Å². The minimum absolute atomic E-state index is 0.0123. The lowest BCUT2D eigenvalue weighted by Crippen LogP contribution is -2.34. The Morgan fingerprint density at radius 3 is 2.58 bits per heavy atom. The second-order valence-electron chi connectivity index (χ2n) is 8.81. The van der Waals surface area contributed by atoms with Crippen LogP contribution >= 0.6 is 12.2 Å². The van der Waals surface area contributed by atoms with E-state index in [1.165, 1.54) is 18.2 Å². The van der Waals surface area contributed by atoms with Gasteiger partial charge in [0, 0.05) is 28.9 Å². The Balaban J connectivity index is 1.31. The van der Waals surface area contributed by atoms with Crippen LogP contribution in [0.2, 0.25) is 0 Å². The molecule has 2 aromatic heterocycles. The summed E-state index contributed by atoms with van der Waals surface area (Å²) in [6.07, 6.45) is 0. The third-order valence-electron chi connectivity index (χ3n) is 6.03. The SMILES string of the molecule is Cc1cc(C)c2oc(-c3cccc(NC(=S)NC(=O)c4ccc(-c5cccc([N+](=O)[O-])c5)o4)c3C)nc2c1. The van der Waals surface area contributed by atoms with Crippen molar-refractivity contribution in [2.45, 2.75) is 20.8 Å². The van der Waals surface area contributed by atoms with E-state index in [9.17, 15) is 14.9 Å². The average molecular weight is 527 g/mol. The number of carbonyl (C=O) groups excluding carboxylic acids is 1. The van der Waals surface area contributed by atoms with E-state index in [4.69, 9.17) is 21.1 Å². The molecule has 0 bridgehead atoms. The topological polar surface area (TPSA) is 123 Å². The highest BCUT2D eigenvalue weighted by Crippen LogP contribution is 2.32. The smallest absolute Gasteiger partial charge is 0.293 e. The Kier molecular flexibility index (Phi) is 6.48. The van der Waals surface area contributed by atoms with Crippen LogP contribution in [0.3, 0.4) is 0 Å². The molecule has 38 heavy (non-hydrogen) atoms. The quantitative estimate of drug-likeness (QED) is 0.147. The van der Waals surface area contributed by atoms with E-state index in [2.05, 4.69) is 21.7 Å². The van der Waals surface area contributed by atoms with Crippen LogP contribution in [0.25, 0.3) is 33.9 Å². The number of nitro groups is 1. The van der Waals surface area contributed by atoms with Crippen molar-refractivity contribution in [1.29, 1.82) is 0 Å². The van der Waals surface area contributed by atoms with Gasteiger partial charge in [-0.3, -0.25) is 20.2 Å². The number of oxazole rings is 1. The van der Waals surface area contributed by atoms with E-state index < -0.39 is 10.8 Å². The summed E-state index contributed by atoms with van der Waals surface area (Å²) in [6.45, 7) is 5.91. The summed E-state index contributed by atoms with van der Waals surface area (Å²) in [5.74, 6) is 0.273. The molecule has 5 aromatic rings. The summed E-state index contributed by atoms with van der Waals surface area (Å²) in [6, 6.07) is 18.6. The Labute approximate surface area is 222 Å². The molecule has 0 aliphatic rings. The molecule has 2 N–H and O–H groups in total. The first-order chi connectivity index (χ1) is 18.2. The first-order valence-corrected chi connectivity index (χ1v) is 12.0. The van der Waals surface area contributed by atoms with Gasteiger partial charge in [0.2, 0.25) is 5.89 Å². The predicted molar refractivity (Wildman–Crippen MR) is 148 cm³/mol. The first kappa shape index (κ1) is 24.8. The number of aryl methyl sites for hydroxylation is 2. The van der Waals surface area contributed by atoms with Gasteiger partial charge in [0.25, 0.3) is 11.6 Å². The fourth-order valence-corrected chi connectivity index (χ4v) is 4.40. The summed E-state index contributed by atoms with van der Waals surface area (Å²) in [5, 5.41) is 16.8. The molecule has 0 aliphatic carbocycles. The number of aromatic nitrogens is 1. The lowest BCUT2D eigenvalue weighted by Gasteiger charge is -2.13. The van der Waals surface area contributed by atoms with Crippen LogP contribution in [-0.4, -0.2) is 20.9 Å². The molecular weight excluding hydrogens is 504 g/mol. The third kappa shape index (κ3) is 4.89. The second kappa shape index (κ2) is 9.91. The normalized spacial score (nSPS) is 10.9. The van der Waals surface area contributed by atoms with Crippen molar-refractivity contribution in [3.8, 4) is 22.8 Å². The number of anilines is 1. The number of hydrogen-bond donors (Lipinski definition) is 2. The molecule has 0 spiro atoms. The number of hydrogen-bond acceptors (Lipinski definition) is 7. The molecule has 2 heterocycles. The molecule has 0 radical (unpaired) electrons. The monoisotopic (exact) mass is 526 g/mol. The zero-order valence-corrected chi connectivity index (χ0v) is 21.5. The van der Waals surface area contributed by atoms with Crippen LogP contribution in [0.15, 0.2) is 75.6 Å². The number of thiocarbonyl (C=S) groups is 1. The number of nitro benzene ring substituents is 1. The van der Waals surface area contributed by atoms with Crippen LogP contribution in [0.4, 0.5) is 11.4 Å². The molecule has 0 saturated carbocycles. The molecule has 0 fully saturated rings. The Morgan fingerprint density at radius 1 is 1.00 bits per heavy atom. The van der Waals surface area contributed by atoms with Crippen molar-refractivity contribution in [2.75, 3.05) is 5.32 Å². The highest BCUT2D eigenvalue weighted by Gasteiger charge is 2.18. The Morgan fingerprint density at radius 2 is 1.79 bits per heavy atom. The maximum absolute atomic E-state index is 12.7. The number of rotatable bonds is 5. The first-order valence-electron chi connectivity index (χ1n) is 11.6. The molecular formula is C28H22N4O5S. The predicted octanol–water partition coefficient (Wildman–Crippen LogP) is 6.72. The van der Waals surface area contributed by atoms with Gasteiger partial charge in [-0.05, 0) is 80.0 Å². The molecule has 10 heteroatoms. The van der Waals surface area contributed by atoms with Crippen LogP contribution in [0.1, 0.15) is 27.2 Å². The largest absolute Gasteiger partial charge is 0.451 e. The van der Waals surface area contributed by atoms with Crippen molar-refractivity contribution < 1.29 is 18.6 Å². The van der Waals surface area contributed by atoms with E-state index in [-0.39, 0.29) is 16.6 Å². The molecule has 190 valence electrons. The fraction of sp³-hybridized carbons (Fsp3) is 0.107. The minimum Gasteiger partial charge on any atom is -0.451 e. The van der Waals surface area contributed by atoms with E-state index in [0.717, 1.165) is 33.4 Å². The number of benzene rings is 3. The summed E-state index contributed by atoms with van der Waals surface area (Å²) >= 11 is 5.36. The second-order valence-corrected chi connectivity index (χ2v) is 9.22. The zero-order valence-electron chi connectivity index (χ0n) is 20.7. The van der Waals surface area contributed by atoms with Gasteiger partial charge in [-0.25, -0.2) is 4.98 Å². The van der Waals surface area contributed by atoms with E-state index in [0.29, 0.717) is 22.9 Å². The molecule has 1 amide bonds. The van der Waals surface area contributed by atoms with Crippen LogP contribution in [-0.2, 0) is 0 Å². The van der Waals surface area contributed by atoms with Crippen molar-refractivity contribution in [3.63, 3.8) is 0 Å². The van der Waals surface area contributed by atoms with Gasteiger partial charge in [0.05, 0.1) is 4.92 Å². The zero-order chi connectivity index (χ0) is 27.0. The third-order valence-corrected chi connectivity index (χ3v) is 6.23.